The molecule has 0 bridgehead atoms. The molecule has 1 aliphatic heterocycles. The van der Waals surface area contributed by atoms with Crippen LogP contribution in [-0.2, 0) is 20.0 Å². The lowest BCUT2D eigenvalue weighted by Crippen LogP contribution is -2.51. The van der Waals surface area contributed by atoms with Crippen molar-refractivity contribution < 1.29 is 0 Å². The average molecular weight is 358 g/mol. The smallest absolute Gasteiger partial charge is 0.169 e. The molecule has 5 nitrogen and oxygen atoms in total. The summed E-state index contributed by atoms with van der Waals surface area (Å²) in [6.45, 7) is 8.03. The lowest BCUT2D eigenvalue weighted by atomic mass is 10.1. The molecule has 0 aliphatic carbocycles. The monoisotopic (exact) mass is 357 g/mol. The molecule has 2 heterocycles. The van der Waals surface area contributed by atoms with Crippen LogP contribution in [0.1, 0.15) is 16.8 Å². The summed E-state index contributed by atoms with van der Waals surface area (Å²) in [5, 5.41) is 8.62. The van der Waals surface area contributed by atoms with Crippen molar-refractivity contribution in [2.75, 3.05) is 32.7 Å². The third-order valence-corrected chi connectivity index (χ3v) is 5.33. The van der Waals surface area contributed by atoms with Gasteiger partial charge in [0.2, 0.25) is 0 Å². The van der Waals surface area contributed by atoms with Crippen LogP contribution in [0.15, 0.2) is 36.5 Å². The molecule has 1 saturated heterocycles. The zero-order chi connectivity index (χ0) is 17.6. The van der Waals surface area contributed by atoms with Crippen molar-refractivity contribution in [1.82, 2.24) is 24.9 Å². The number of benzene rings is 1. The van der Waals surface area contributed by atoms with Gasteiger partial charge in [0, 0.05) is 57.6 Å². The Hall–Kier alpha value is -1.92. The molecule has 0 atom stereocenters. The second-order valence-corrected chi connectivity index (χ2v) is 7.00. The summed E-state index contributed by atoms with van der Waals surface area (Å²) in [6, 6.07) is 10.5. The van der Waals surface area contributed by atoms with Crippen LogP contribution in [-0.4, -0.2) is 57.4 Å². The molecular formula is C19H27N5S. The third-order valence-electron chi connectivity index (χ3n) is 4.92. The topological polar surface area (TPSA) is 36.3 Å². The van der Waals surface area contributed by atoms with Gasteiger partial charge >= 0.3 is 0 Å². The minimum atomic E-state index is 0.883. The Bertz CT molecular complexity index is 689. The number of aryl methyl sites for hydroxylation is 1. The third kappa shape index (κ3) is 4.80. The molecule has 25 heavy (non-hydrogen) atoms. The number of hydrogen-bond donors (Lipinski definition) is 1. The van der Waals surface area contributed by atoms with Gasteiger partial charge in [0.05, 0.1) is 6.20 Å². The maximum Gasteiger partial charge on any atom is 0.169 e. The van der Waals surface area contributed by atoms with Crippen molar-refractivity contribution in [3.63, 3.8) is 0 Å². The van der Waals surface area contributed by atoms with E-state index in [1.54, 1.807) is 0 Å². The molecule has 6 heteroatoms. The van der Waals surface area contributed by atoms with Gasteiger partial charge < -0.3 is 10.2 Å². The number of nitrogens with one attached hydrogen (secondary N) is 1. The standard InChI is InChI=1S/C19H27N5S/c1-16-18(14-21-22(16)2)15-23-10-12-24(13-11-23)19(25)20-9-8-17-6-4-3-5-7-17/h3-7,14H,8-13,15H2,1-2H3,(H,20,25). The van der Waals surface area contributed by atoms with Crippen LogP contribution in [0.3, 0.4) is 0 Å². The molecule has 0 radical (unpaired) electrons. The zero-order valence-electron chi connectivity index (χ0n) is 15.1. The van der Waals surface area contributed by atoms with Crippen molar-refractivity contribution in [2.24, 2.45) is 7.05 Å². The number of rotatable bonds is 5. The highest BCUT2D eigenvalue weighted by Crippen LogP contribution is 2.12. The predicted molar refractivity (Wildman–Crippen MR) is 106 cm³/mol. The van der Waals surface area contributed by atoms with Crippen LogP contribution in [0.4, 0.5) is 0 Å². The molecule has 2 aromatic rings. The highest BCUT2D eigenvalue weighted by atomic mass is 32.1. The Morgan fingerprint density at radius 2 is 1.88 bits per heavy atom. The fourth-order valence-electron chi connectivity index (χ4n) is 3.12. The summed E-state index contributed by atoms with van der Waals surface area (Å²) in [4.78, 5) is 4.76. The Labute approximate surface area is 155 Å². The first-order chi connectivity index (χ1) is 12.1. The van der Waals surface area contributed by atoms with Crippen molar-refractivity contribution in [3.05, 3.63) is 53.3 Å². The Morgan fingerprint density at radius 3 is 2.52 bits per heavy atom. The molecule has 134 valence electrons. The highest BCUT2D eigenvalue weighted by molar-refractivity contribution is 7.80. The Kier molecular flexibility index (Phi) is 6.04. The average Bonchev–Trinajstić information content (AvgIpc) is 2.95. The van der Waals surface area contributed by atoms with Crippen molar-refractivity contribution >= 4 is 17.3 Å². The maximum atomic E-state index is 5.56. The highest BCUT2D eigenvalue weighted by Gasteiger charge is 2.19. The lowest BCUT2D eigenvalue weighted by Gasteiger charge is -2.36. The van der Waals surface area contributed by atoms with E-state index in [1.165, 1.54) is 16.8 Å². The lowest BCUT2D eigenvalue weighted by molar-refractivity contribution is 0.174. The van der Waals surface area contributed by atoms with Crippen molar-refractivity contribution in [2.45, 2.75) is 19.9 Å². The van der Waals surface area contributed by atoms with E-state index in [9.17, 15) is 0 Å². The van der Waals surface area contributed by atoms with Gasteiger partial charge in [-0.05, 0) is 31.1 Å². The van der Waals surface area contributed by atoms with Crippen molar-refractivity contribution in [1.29, 1.82) is 0 Å². The minimum absolute atomic E-state index is 0.883. The molecular weight excluding hydrogens is 330 g/mol. The molecule has 0 spiro atoms. The summed E-state index contributed by atoms with van der Waals surface area (Å²) in [7, 11) is 2.00. The van der Waals surface area contributed by atoms with Crippen LogP contribution in [0.25, 0.3) is 0 Å². The van der Waals surface area contributed by atoms with E-state index in [4.69, 9.17) is 12.2 Å². The van der Waals surface area contributed by atoms with Gasteiger partial charge in [-0.1, -0.05) is 30.3 Å². The fraction of sp³-hybridized carbons (Fsp3) is 0.474. The first-order valence-corrected chi connectivity index (χ1v) is 9.31. The van der Waals surface area contributed by atoms with E-state index in [0.29, 0.717) is 0 Å². The van der Waals surface area contributed by atoms with Gasteiger partial charge in [-0.15, -0.1) is 0 Å². The van der Waals surface area contributed by atoms with Crippen molar-refractivity contribution in [3.8, 4) is 0 Å². The number of hydrogen-bond acceptors (Lipinski definition) is 3. The van der Waals surface area contributed by atoms with E-state index in [2.05, 4.69) is 51.4 Å². The van der Waals surface area contributed by atoms with Gasteiger partial charge in [-0.2, -0.15) is 5.10 Å². The second-order valence-electron chi connectivity index (χ2n) is 6.61. The summed E-state index contributed by atoms with van der Waals surface area (Å²) in [5.41, 5.74) is 3.91. The summed E-state index contributed by atoms with van der Waals surface area (Å²) < 4.78 is 1.94. The molecule has 0 saturated carbocycles. The fourth-order valence-corrected chi connectivity index (χ4v) is 3.40. The Balaban J connectivity index is 1.39. The molecule has 1 aliphatic rings. The van der Waals surface area contributed by atoms with E-state index >= 15 is 0 Å². The normalized spacial score (nSPS) is 15.4. The number of nitrogens with zero attached hydrogens (tertiary/aromatic N) is 4. The summed E-state index contributed by atoms with van der Waals surface area (Å²) in [5.74, 6) is 0. The van der Waals surface area contributed by atoms with Gasteiger partial charge in [0.25, 0.3) is 0 Å². The second kappa shape index (κ2) is 8.45. The molecule has 3 rings (SSSR count). The van der Waals surface area contributed by atoms with Crippen LogP contribution in [0.5, 0.6) is 0 Å². The van der Waals surface area contributed by atoms with E-state index in [-0.39, 0.29) is 0 Å². The quantitative estimate of drug-likeness (QED) is 0.828. The van der Waals surface area contributed by atoms with Crippen LogP contribution < -0.4 is 5.32 Å². The van der Waals surface area contributed by atoms with E-state index in [0.717, 1.165) is 50.8 Å². The predicted octanol–water partition coefficient (Wildman–Crippen LogP) is 1.96. The molecule has 0 unspecified atom stereocenters. The number of thiocarbonyl (C=S) groups is 1. The molecule has 1 aromatic heterocycles. The largest absolute Gasteiger partial charge is 0.362 e. The Morgan fingerprint density at radius 1 is 1.16 bits per heavy atom. The van der Waals surface area contributed by atoms with Gasteiger partial charge in [0.1, 0.15) is 0 Å². The number of piperazine rings is 1. The minimum Gasteiger partial charge on any atom is -0.362 e. The van der Waals surface area contributed by atoms with Gasteiger partial charge in [-0.3, -0.25) is 9.58 Å². The van der Waals surface area contributed by atoms with E-state index < -0.39 is 0 Å². The molecule has 1 fully saturated rings. The molecule has 1 aromatic carbocycles. The first kappa shape index (κ1) is 17.9. The van der Waals surface area contributed by atoms with Gasteiger partial charge in [0.15, 0.2) is 5.11 Å². The van der Waals surface area contributed by atoms with Crippen LogP contribution >= 0.6 is 12.2 Å². The summed E-state index contributed by atoms with van der Waals surface area (Å²) in [6.07, 6.45) is 2.98. The maximum absolute atomic E-state index is 5.56. The van der Waals surface area contributed by atoms with Gasteiger partial charge in [-0.25, -0.2) is 0 Å². The number of aromatic nitrogens is 2. The zero-order valence-corrected chi connectivity index (χ0v) is 15.9. The molecule has 1 N–H and O–H groups in total. The van der Waals surface area contributed by atoms with E-state index in [1.807, 2.05) is 24.0 Å². The van der Waals surface area contributed by atoms with Crippen LogP contribution in [0, 0.1) is 6.92 Å². The summed E-state index contributed by atoms with van der Waals surface area (Å²) >= 11 is 5.56. The first-order valence-electron chi connectivity index (χ1n) is 8.90. The SMILES string of the molecule is Cc1c(CN2CCN(C(=S)NCCc3ccccc3)CC2)cnn1C. The van der Waals surface area contributed by atoms with Crippen LogP contribution in [0.2, 0.25) is 0 Å². The molecule has 0 amide bonds.